The Balaban J connectivity index is 1.77. The molecule has 3 aromatic rings. The fraction of sp³-hybridized carbons (Fsp3) is 0.167. The van der Waals surface area contributed by atoms with Crippen molar-refractivity contribution in [2.75, 3.05) is 5.32 Å². The first-order valence-corrected chi connectivity index (χ1v) is 8.28. The Kier molecular flexibility index (Phi) is 4.76. The minimum Gasteiger partial charge on any atom is -0.371 e. The number of hydrogen-bond donors (Lipinski definition) is 1. The summed E-state index contributed by atoms with van der Waals surface area (Å²) in [6, 6.07) is 11.4. The molecule has 0 radical (unpaired) electrons. The largest absolute Gasteiger partial charge is 0.416 e. The first-order chi connectivity index (χ1) is 11.8. The van der Waals surface area contributed by atoms with Crippen LogP contribution < -0.4 is 5.32 Å². The molecule has 0 atom stereocenters. The van der Waals surface area contributed by atoms with E-state index in [1.165, 1.54) is 29.5 Å². The van der Waals surface area contributed by atoms with Crippen molar-refractivity contribution in [2.24, 2.45) is 0 Å². The van der Waals surface area contributed by atoms with E-state index in [1.54, 1.807) is 25.1 Å². The third kappa shape index (κ3) is 3.99. The summed E-state index contributed by atoms with van der Waals surface area (Å²) < 4.78 is 51.5. The summed E-state index contributed by atoms with van der Waals surface area (Å²) >= 11 is 1.33. The molecule has 0 amide bonds. The Morgan fingerprint density at radius 2 is 1.72 bits per heavy atom. The summed E-state index contributed by atoms with van der Waals surface area (Å²) in [6.45, 7) is 2.11. The fourth-order valence-electron chi connectivity index (χ4n) is 2.30. The zero-order valence-electron chi connectivity index (χ0n) is 13.2. The highest BCUT2D eigenvalue weighted by Gasteiger charge is 2.30. The van der Waals surface area contributed by atoms with Crippen molar-refractivity contribution in [3.05, 3.63) is 71.2 Å². The molecule has 0 aliphatic heterocycles. The Hall–Kier alpha value is -2.41. The van der Waals surface area contributed by atoms with Crippen LogP contribution in [0.2, 0.25) is 0 Å². The molecule has 0 bridgehead atoms. The number of aryl methyl sites for hydroxylation is 1. The lowest BCUT2D eigenvalue weighted by molar-refractivity contribution is -0.137. The molecule has 7 heteroatoms. The van der Waals surface area contributed by atoms with Crippen LogP contribution in [0.5, 0.6) is 0 Å². The lowest BCUT2D eigenvalue weighted by Gasteiger charge is -2.06. The number of benzene rings is 2. The third-order valence-electron chi connectivity index (χ3n) is 3.65. The Bertz CT molecular complexity index is 870. The van der Waals surface area contributed by atoms with E-state index in [0.29, 0.717) is 22.7 Å². The summed E-state index contributed by atoms with van der Waals surface area (Å²) in [4.78, 5) is 4.39. The summed E-state index contributed by atoms with van der Waals surface area (Å²) in [6.07, 6.45) is -4.36. The second-order valence-corrected chi connectivity index (χ2v) is 6.45. The first-order valence-electron chi connectivity index (χ1n) is 7.47. The second-order valence-electron chi connectivity index (χ2n) is 5.45. The van der Waals surface area contributed by atoms with Gasteiger partial charge in [-0.05, 0) is 25.1 Å². The van der Waals surface area contributed by atoms with Gasteiger partial charge in [-0.15, -0.1) is 0 Å². The van der Waals surface area contributed by atoms with E-state index in [2.05, 4.69) is 10.3 Å². The Morgan fingerprint density at radius 1 is 1.04 bits per heavy atom. The zero-order valence-corrected chi connectivity index (χ0v) is 14.0. The van der Waals surface area contributed by atoms with Gasteiger partial charge < -0.3 is 5.32 Å². The highest BCUT2D eigenvalue weighted by molar-refractivity contribution is 7.19. The minimum absolute atomic E-state index is 0.292. The topological polar surface area (TPSA) is 24.9 Å². The molecule has 25 heavy (non-hydrogen) atoms. The number of halogens is 4. The predicted octanol–water partition coefficient (Wildman–Crippen LogP) is 5.89. The molecule has 0 spiro atoms. The maximum atomic E-state index is 13.7. The number of rotatable bonds is 4. The summed E-state index contributed by atoms with van der Waals surface area (Å²) in [5, 5.41) is 4.51. The number of alkyl halides is 3. The SMILES string of the molecule is Cc1nc(-c2ccc(C(F)(F)F)cc2)sc1NCc1ccccc1F. The molecule has 2 aromatic carbocycles. The van der Waals surface area contributed by atoms with Crippen molar-refractivity contribution in [3.8, 4) is 10.6 Å². The van der Waals surface area contributed by atoms with Crippen molar-refractivity contribution < 1.29 is 17.6 Å². The van der Waals surface area contributed by atoms with Gasteiger partial charge in [-0.3, -0.25) is 0 Å². The number of thiazole rings is 1. The number of nitrogens with zero attached hydrogens (tertiary/aromatic N) is 1. The quantitative estimate of drug-likeness (QED) is 0.583. The number of anilines is 1. The van der Waals surface area contributed by atoms with Crippen LogP contribution in [0.4, 0.5) is 22.6 Å². The van der Waals surface area contributed by atoms with Gasteiger partial charge in [-0.1, -0.05) is 41.7 Å². The van der Waals surface area contributed by atoms with Gasteiger partial charge in [0.05, 0.1) is 11.3 Å². The van der Waals surface area contributed by atoms with E-state index >= 15 is 0 Å². The van der Waals surface area contributed by atoms with Crippen LogP contribution in [-0.2, 0) is 12.7 Å². The fourth-order valence-corrected chi connectivity index (χ4v) is 3.27. The van der Waals surface area contributed by atoms with Crippen LogP contribution in [0.1, 0.15) is 16.8 Å². The molecule has 3 rings (SSSR count). The molecule has 0 unspecified atom stereocenters. The summed E-state index contributed by atoms with van der Waals surface area (Å²) in [5.41, 5.74) is 1.17. The lowest BCUT2D eigenvalue weighted by atomic mass is 10.1. The van der Waals surface area contributed by atoms with E-state index in [9.17, 15) is 17.6 Å². The second kappa shape index (κ2) is 6.84. The zero-order chi connectivity index (χ0) is 18.0. The normalized spacial score (nSPS) is 11.6. The number of nitrogens with one attached hydrogen (secondary N) is 1. The van der Waals surface area contributed by atoms with Crippen molar-refractivity contribution >= 4 is 16.3 Å². The van der Waals surface area contributed by atoms with Crippen LogP contribution in [-0.4, -0.2) is 4.98 Å². The van der Waals surface area contributed by atoms with Gasteiger partial charge in [0, 0.05) is 17.7 Å². The third-order valence-corrected chi connectivity index (χ3v) is 4.82. The molecule has 1 heterocycles. The molecular weight excluding hydrogens is 352 g/mol. The monoisotopic (exact) mass is 366 g/mol. The molecule has 1 N–H and O–H groups in total. The molecule has 0 fully saturated rings. The first kappa shape index (κ1) is 17.4. The van der Waals surface area contributed by atoms with E-state index < -0.39 is 11.7 Å². The van der Waals surface area contributed by atoms with Gasteiger partial charge in [0.15, 0.2) is 0 Å². The predicted molar refractivity (Wildman–Crippen MR) is 91.0 cm³/mol. The molecule has 1 aromatic heterocycles. The highest BCUT2D eigenvalue weighted by Crippen LogP contribution is 2.34. The average molecular weight is 366 g/mol. The van der Waals surface area contributed by atoms with Crippen LogP contribution in [0.3, 0.4) is 0 Å². The molecule has 0 saturated carbocycles. The number of hydrogen-bond acceptors (Lipinski definition) is 3. The van der Waals surface area contributed by atoms with Gasteiger partial charge in [0.1, 0.15) is 15.8 Å². The van der Waals surface area contributed by atoms with E-state index in [4.69, 9.17) is 0 Å². The maximum absolute atomic E-state index is 13.7. The summed E-state index contributed by atoms with van der Waals surface area (Å²) in [5.74, 6) is -0.292. The molecule has 2 nitrogen and oxygen atoms in total. The van der Waals surface area contributed by atoms with Gasteiger partial charge in [0.25, 0.3) is 0 Å². The van der Waals surface area contributed by atoms with Gasteiger partial charge >= 0.3 is 6.18 Å². The number of aromatic nitrogens is 1. The Labute approximate surface area is 146 Å². The molecule has 0 saturated heterocycles. The van der Waals surface area contributed by atoms with Crippen LogP contribution in [0.15, 0.2) is 48.5 Å². The maximum Gasteiger partial charge on any atom is 0.416 e. The lowest BCUT2D eigenvalue weighted by Crippen LogP contribution is -2.03. The highest BCUT2D eigenvalue weighted by atomic mass is 32.1. The van der Waals surface area contributed by atoms with Gasteiger partial charge in [-0.25, -0.2) is 9.37 Å². The van der Waals surface area contributed by atoms with Crippen LogP contribution in [0, 0.1) is 12.7 Å². The van der Waals surface area contributed by atoms with E-state index in [-0.39, 0.29) is 5.82 Å². The Morgan fingerprint density at radius 3 is 2.36 bits per heavy atom. The minimum atomic E-state index is -4.36. The van der Waals surface area contributed by atoms with Crippen LogP contribution in [0.25, 0.3) is 10.6 Å². The van der Waals surface area contributed by atoms with E-state index in [0.717, 1.165) is 22.8 Å². The van der Waals surface area contributed by atoms with E-state index in [1.807, 2.05) is 0 Å². The average Bonchev–Trinajstić information content (AvgIpc) is 2.94. The smallest absolute Gasteiger partial charge is 0.371 e. The molecular formula is C18H14F4N2S. The van der Waals surface area contributed by atoms with Gasteiger partial charge in [0.2, 0.25) is 0 Å². The standard InChI is InChI=1S/C18H14F4N2S/c1-11-16(23-10-13-4-2-3-5-15(13)19)25-17(24-11)12-6-8-14(9-7-12)18(20,21)22/h2-9,23H,10H2,1H3. The van der Waals surface area contributed by atoms with Crippen molar-refractivity contribution in [2.45, 2.75) is 19.6 Å². The van der Waals surface area contributed by atoms with Gasteiger partial charge in [-0.2, -0.15) is 13.2 Å². The molecule has 130 valence electrons. The van der Waals surface area contributed by atoms with Crippen LogP contribution >= 0.6 is 11.3 Å². The van der Waals surface area contributed by atoms with Crippen molar-refractivity contribution in [1.29, 1.82) is 0 Å². The summed E-state index contributed by atoms with van der Waals surface area (Å²) in [7, 11) is 0. The van der Waals surface area contributed by atoms with Crippen molar-refractivity contribution in [3.63, 3.8) is 0 Å². The molecule has 0 aliphatic carbocycles. The van der Waals surface area contributed by atoms with Crippen molar-refractivity contribution in [1.82, 2.24) is 4.98 Å². The molecule has 0 aliphatic rings.